The Labute approximate surface area is 98.7 Å². The van der Waals surface area contributed by atoms with Crippen molar-refractivity contribution in [3.63, 3.8) is 0 Å². The lowest BCUT2D eigenvalue weighted by molar-refractivity contribution is 0.388. The lowest BCUT2D eigenvalue weighted by Gasteiger charge is -2.11. The topological polar surface area (TPSA) is 33.1 Å². The first-order valence-electron chi connectivity index (χ1n) is 6.13. The third kappa shape index (κ3) is 4.66. The first kappa shape index (κ1) is 13.0. The maximum atomic E-state index is 4.31. The Bertz CT molecular complexity index is 280. The SMILES string of the molecule is CCCNc1nccn1CCCCN(C)C. The molecule has 0 bridgehead atoms. The van der Waals surface area contributed by atoms with Crippen molar-refractivity contribution in [2.75, 3.05) is 32.5 Å². The van der Waals surface area contributed by atoms with Gasteiger partial charge in [0.15, 0.2) is 0 Å². The van der Waals surface area contributed by atoms with Crippen LogP contribution in [-0.4, -0.2) is 41.6 Å². The molecule has 0 radical (unpaired) electrons. The second kappa shape index (κ2) is 7.28. The molecule has 1 aromatic heterocycles. The summed E-state index contributed by atoms with van der Waals surface area (Å²) in [4.78, 5) is 6.54. The number of anilines is 1. The fraction of sp³-hybridized carbons (Fsp3) is 0.750. The van der Waals surface area contributed by atoms with E-state index < -0.39 is 0 Å². The molecule has 4 heteroatoms. The Balaban J connectivity index is 2.27. The van der Waals surface area contributed by atoms with Gasteiger partial charge in [-0.05, 0) is 39.9 Å². The number of hydrogen-bond donors (Lipinski definition) is 1. The Morgan fingerprint density at radius 3 is 2.88 bits per heavy atom. The maximum absolute atomic E-state index is 4.31. The van der Waals surface area contributed by atoms with Gasteiger partial charge in [0.1, 0.15) is 0 Å². The molecule has 0 atom stereocenters. The molecule has 0 saturated heterocycles. The Morgan fingerprint density at radius 1 is 1.38 bits per heavy atom. The monoisotopic (exact) mass is 224 g/mol. The molecule has 16 heavy (non-hydrogen) atoms. The first-order valence-corrected chi connectivity index (χ1v) is 6.13. The number of nitrogens with zero attached hydrogens (tertiary/aromatic N) is 3. The summed E-state index contributed by atoms with van der Waals surface area (Å²) in [5.41, 5.74) is 0. The summed E-state index contributed by atoms with van der Waals surface area (Å²) in [6.45, 7) is 5.37. The number of aromatic nitrogens is 2. The lowest BCUT2D eigenvalue weighted by Crippen LogP contribution is -2.14. The Hall–Kier alpha value is -1.03. The van der Waals surface area contributed by atoms with E-state index in [0.29, 0.717) is 0 Å². The average Bonchev–Trinajstić information content (AvgIpc) is 2.69. The van der Waals surface area contributed by atoms with Crippen LogP contribution in [0.4, 0.5) is 5.95 Å². The van der Waals surface area contributed by atoms with Gasteiger partial charge in [-0.3, -0.25) is 0 Å². The van der Waals surface area contributed by atoms with E-state index in [-0.39, 0.29) is 0 Å². The molecule has 0 aromatic carbocycles. The molecule has 0 unspecified atom stereocenters. The van der Waals surface area contributed by atoms with Gasteiger partial charge in [-0.1, -0.05) is 6.92 Å². The van der Waals surface area contributed by atoms with Crippen LogP contribution in [0.25, 0.3) is 0 Å². The van der Waals surface area contributed by atoms with Gasteiger partial charge in [0.2, 0.25) is 5.95 Å². The van der Waals surface area contributed by atoms with Crippen molar-refractivity contribution in [3.8, 4) is 0 Å². The van der Waals surface area contributed by atoms with E-state index in [1.807, 2.05) is 12.4 Å². The summed E-state index contributed by atoms with van der Waals surface area (Å²) in [6, 6.07) is 0. The normalized spacial score (nSPS) is 11.0. The van der Waals surface area contributed by atoms with E-state index in [0.717, 1.165) is 32.0 Å². The molecular weight excluding hydrogens is 200 g/mol. The molecule has 0 spiro atoms. The molecule has 1 rings (SSSR count). The molecular formula is C12H24N4. The van der Waals surface area contributed by atoms with Gasteiger partial charge in [0, 0.05) is 25.5 Å². The smallest absolute Gasteiger partial charge is 0.202 e. The quantitative estimate of drug-likeness (QED) is 0.686. The van der Waals surface area contributed by atoms with Crippen molar-refractivity contribution >= 4 is 5.95 Å². The highest BCUT2D eigenvalue weighted by molar-refractivity contribution is 5.25. The minimum atomic E-state index is 0.995. The first-order chi connectivity index (χ1) is 7.74. The van der Waals surface area contributed by atoms with E-state index in [2.05, 4.69) is 40.8 Å². The average molecular weight is 224 g/mol. The minimum Gasteiger partial charge on any atom is -0.356 e. The lowest BCUT2D eigenvalue weighted by atomic mass is 10.3. The van der Waals surface area contributed by atoms with E-state index in [9.17, 15) is 0 Å². The molecule has 1 N–H and O–H groups in total. The molecule has 0 fully saturated rings. The van der Waals surface area contributed by atoms with Crippen LogP contribution in [0.15, 0.2) is 12.4 Å². The molecule has 4 nitrogen and oxygen atoms in total. The van der Waals surface area contributed by atoms with Crippen LogP contribution in [-0.2, 0) is 6.54 Å². The maximum Gasteiger partial charge on any atom is 0.202 e. The van der Waals surface area contributed by atoms with E-state index >= 15 is 0 Å². The zero-order valence-electron chi connectivity index (χ0n) is 10.7. The van der Waals surface area contributed by atoms with Crippen LogP contribution in [0.2, 0.25) is 0 Å². The van der Waals surface area contributed by atoms with E-state index in [1.54, 1.807) is 0 Å². The Kier molecular flexibility index (Phi) is 5.93. The second-order valence-corrected chi connectivity index (χ2v) is 4.38. The van der Waals surface area contributed by atoms with Crippen LogP contribution in [0.3, 0.4) is 0 Å². The van der Waals surface area contributed by atoms with Crippen molar-refractivity contribution < 1.29 is 0 Å². The van der Waals surface area contributed by atoms with Crippen molar-refractivity contribution in [1.82, 2.24) is 14.5 Å². The molecule has 0 saturated carbocycles. The zero-order valence-corrected chi connectivity index (χ0v) is 10.7. The van der Waals surface area contributed by atoms with Gasteiger partial charge >= 0.3 is 0 Å². The standard InChI is InChI=1S/C12H24N4/c1-4-7-13-12-14-8-11-16(12)10-6-5-9-15(2)3/h8,11H,4-7,9-10H2,1-3H3,(H,13,14). The summed E-state index contributed by atoms with van der Waals surface area (Å²) in [5, 5.41) is 3.33. The largest absolute Gasteiger partial charge is 0.356 e. The molecule has 0 aliphatic rings. The van der Waals surface area contributed by atoms with Crippen molar-refractivity contribution in [3.05, 3.63) is 12.4 Å². The predicted molar refractivity (Wildman–Crippen MR) is 68.8 cm³/mol. The fourth-order valence-corrected chi connectivity index (χ4v) is 1.60. The number of imidazole rings is 1. The molecule has 0 aliphatic carbocycles. The van der Waals surface area contributed by atoms with Crippen LogP contribution >= 0.6 is 0 Å². The molecule has 0 aliphatic heterocycles. The number of aryl methyl sites for hydroxylation is 1. The predicted octanol–water partition coefficient (Wildman–Crippen LogP) is 2.05. The van der Waals surface area contributed by atoms with Gasteiger partial charge in [-0.2, -0.15) is 0 Å². The fourth-order valence-electron chi connectivity index (χ4n) is 1.60. The Morgan fingerprint density at radius 2 is 2.19 bits per heavy atom. The third-order valence-electron chi connectivity index (χ3n) is 2.50. The number of nitrogens with one attached hydrogen (secondary N) is 1. The van der Waals surface area contributed by atoms with Gasteiger partial charge in [0.05, 0.1) is 0 Å². The van der Waals surface area contributed by atoms with Crippen LogP contribution < -0.4 is 5.32 Å². The number of unbranched alkanes of at least 4 members (excludes halogenated alkanes) is 1. The summed E-state index contributed by atoms with van der Waals surface area (Å²) in [6.07, 6.45) is 7.48. The van der Waals surface area contributed by atoms with E-state index in [1.165, 1.54) is 12.8 Å². The highest BCUT2D eigenvalue weighted by Gasteiger charge is 2.00. The van der Waals surface area contributed by atoms with Gasteiger partial charge in [-0.25, -0.2) is 4.98 Å². The van der Waals surface area contributed by atoms with Crippen LogP contribution in [0, 0.1) is 0 Å². The van der Waals surface area contributed by atoms with Crippen LogP contribution in [0.5, 0.6) is 0 Å². The number of hydrogen-bond acceptors (Lipinski definition) is 3. The zero-order chi connectivity index (χ0) is 11.8. The summed E-state index contributed by atoms with van der Waals surface area (Å²) in [5.74, 6) is 1.01. The number of rotatable bonds is 8. The van der Waals surface area contributed by atoms with Crippen molar-refractivity contribution in [2.24, 2.45) is 0 Å². The van der Waals surface area contributed by atoms with Gasteiger partial charge < -0.3 is 14.8 Å². The van der Waals surface area contributed by atoms with Crippen molar-refractivity contribution in [1.29, 1.82) is 0 Å². The summed E-state index contributed by atoms with van der Waals surface area (Å²) < 4.78 is 2.20. The minimum absolute atomic E-state index is 0.995. The summed E-state index contributed by atoms with van der Waals surface area (Å²) in [7, 11) is 4.23. The van der Waals surface area contributed by atoms with Gasteiger partial charge in [-0.15, -0.1) is 0 Å². The van der Waals surface area contributed by atoms with Crippen LogP contribution in [0.1, 0.15) is 26.2 Å². The highest BCUT2D eigenvalue weighted by atomic mass is 15.2. The molecule has 1 aromatic rings. The molecule has 92 valence electrons. The molecule has 0 amide bonds. The van der Waals surface area contributed by atoms with Gasteiger partial charge in [0.25, 0.3) is 0 Å². The highest BCUT2D eigenvalue weighted by Crippen LogP contribution is 2.06. The molecule has 1 heterocycles. The van der Waals surface area contributed by atoms with E-state index in [4.69, 9.17) is 0 Å². The third-order valence-corrected chi connectivity index (χ3v) is 2.50. The second-order valence-electron chi connectivity index (χ2n) is 4.38. The van der Waals surface area contributed by atoms with Crippen molar-refractivity contribution in [2.45, 2.75) is 32.7 Å². The summed E-state index contributed by atoms with van der Waals surface area (Å²) >= 11 is 0.